The molecule has 0 radical (unpaired) electrons. The van der Waals surface area contributed by atoms with Crippen LogP contribution in [-0.2, 0) is 16.0 Å². The Morgan fingerprint density at radius 3 is 2.33 bits per heavy atom. The molecule has 3 heteroatoms. The Morgan fingerprint density at radius 2 is 1.83 bits per heavy atom. The predicted molar refractivity (Wildman–Crippen MR) is 73.4 cm³/mol. The Morgan fingerprint density at radius 1 is 1.22 bits per heavy atom. The molecule has 2 atom stereocenters. The molecule has 100 valence electrons. The summed E-state index contributed by atoms with van der Waals surface area (Å²) < 4.78 is 4.86. The number of hydrogen-bond acceptors (Lipinski definition) is 3. The second kappa shape index (κ2) is 7.17. The zero-order valence-corrected chi connectivity index (χ0v) is 11.6. The van der Waals surface area contributed by atoms with Gasteiger partial charge in [-0.25, -0.2) is 0 Å². The maximum atomic E-state index is 11.8. The quantitative estimate of drug-likeness (QED) is 0.787. The summed E-state index contributed by atoms with van der Waals surface area (Å²) >= 11 is 0. The fourth-order valence-electron chi connectivity index (χ4n) is 1.71. The minimum atomic E-state index is -0.283. The van der Waals surface area contributed by atoms with Gasteiger partial charge in [-0.1, -0.05) is 44.2 Å². The molecule has 1 aromatic carbocycles. The van der Waals surface area contributed by atoms with Gasteiger partial charge >= 0.3 is 5.97 Å². The summed E-state index contributed by atoms with van der Waals surface area (Å²) in [5, 5.41) is 3.34. The van der Waals surface area contributed by atoms with Crippen molar-refractivity contribution in [2.45, 2.75) is 39.3 Å². The number of rotatable bonds is 6. The van der Waals surface area contributed by atoms with Crippen molar-refractivity contribution in [3.05, 3.63) is 35.9 Å². The van der Waals surface area contributed by atoms with E-state index in [1.54, 1.807) is 0 Å². The summed E-state index contributed by atoms with van der Waals surface area (Å²) in [4.78, 5) is 11.8. The van der Waals surface area contributed by atoms with Gasteiger partial charge in [0, 0.05) is 6.04 Å². The van der Waals surface area contributed by atoms with Crippen molar-refractivity contribution in [1.29, 1.82) is 0 Å². The van der Waals surface area contributed by atoms with E-state index in [-0.39, 0.29) is 18.1 Å². The molecule has 0 amide bonds. The van der Waals surface area contributed by atoms with E-state index in [9.17, 15) is 4.79 Å². The fraction of sp³-hybridized carbons (Fsp3) is 0.533. The molecule has 3 nitrogen and oxygen atoms in total. The summed E-state index contributed by atoms with van der Waals surface area (Å²) in [6.07, 6.45) is 0.657. The number of esters is 1. The van der Waals surface area contributed by atoms with Crippen molar-refractivity contribution in [3.8, 4) is 0 Å². The van der Waals surface area contributed by atoms with Gasteiger partial charge in [-0.2, -0.15) is 0 Å². The maximum Gasteiger partial charge on any atom is 0.323 e. The first kappa shape index (κ1) is 14.7. The third kappa shape index (κ3) is 4.49. The number of benzene rings is 1. The maximum absolute atomic E-state index is 11.8. The number of methoxy groups -OCH3 is 1. The molecule has 0 aliphatic carbocycles. The lowest BCUT2D eigenvalue weighted by atomic mass is 10.0. The van der Waals surface area contributed by atoms with E-state index in [0.29, 0.717) is 12.3 Å². The molecule has 1 rings (SSSR count). The Balaban J connectivity index is 2.70. The van der Waals surface area contributed by atoms with Gasteiger partial charge in [-0.15, -0.1) is 0 Å². The molecular formula is C15H23NO2. The minimum absolute atomic E-state index is 0.202. The van der Waals surface area contributed by atoms with Crippen LogP contribution in [0, 0.1) is 5.92 Å². The molecule has 0 saturated heterocycles. The van der Waals surface area contributed by atoms with Crippen LogP contribution in [0.1, 0.15) is 26.3 Å². The van der Waals surface area contributed by atoms with Gasteiger partial charge in [0.15, 0.2) is 0 Å². The summed E-state index contributed by atoms with van der Waals surface area (Å²) in [7, 11) is 1.43. The van der Waals surface area contributed by atoms with E-state index in [4.69, 9.17) is 4.74 Å². The Kier molecular flexibility index (Phi) is 5.86. The van der Waals surface area contributed by atoms with Gasteiger partial charge < -0.3 is 10.1 Å². The molecule has 0 aromatic heterocycles. The highest BCUT2D eigenvalue weighted by molar-refractivity contribution is 5.76. The molecule has 1 aromatic rings. The highest BCUT2D eigenvalue weighted by Gasteiger charge is 2.22. The van der Waals surface area contributed by atoms with Crippen molar-refractivity contribution in [2.75, 3.05) is 7.11 Å². The molecule has 1 N–H and O–H groups in total. The van der Waals surface area contributed by atoms with E-state index in [1.165, 1.54) is 7.11 Å². The van der Waals surface area contributed by atoms with Crippen LogP contribution in [0.2, 0.25) is 0 Å². The average molecular weight is 249 g/mol. The number of carbonyl (C=O) groups is 1. The van der Waals surface area contributed by atoms with Gasteiger partial charge in [0.05, 0.1) is 7.11 Å². The first-order valence-electron chi connectivity index (χ1n) is 6.42. The zero-order valence-electron chi connectivity index (χ0n) is 11.6. The van der Waals surface area contributed by atoms with Crippen LogP contribution in [0.4, 0.5) is 0 Å². The van der Waals surface area contributed by atoms with Crippen LogP contribution >= 0.6 is 0 Å². The summed E-state index contributed by atoms with van der Waals surface area (Å²) in [6, 6.07) is 9.98. The molecule has 18 heavy (non-hydrogen) atoms. The smallest absolute Gasteiger partial charge is 0.323 e. The predicted octanol–water partition coefficient (Wildman–Crippen LogP) is 2.40. The molecule has 0 spiro atoms. The standard InChI is InChI=1S/C15H23NO2/c1-11(2)12(3)16-14(15(17)18-4)10-13-8-6-5-7-9-13/h5-9,11-12,14,16H,10H2,1-4H3. The summed E-state index contributed by atoms with van der Waals surface area (Å²) in [6.45, 7) is 6.36. The van der Waals surface area contributed by atoms with Crippen LogP contribution < -0.4 is 5.32 Å². The molecular weight excluding hydrogens is 226 g/mol. The summed E-state index contributed by atoms with van der Waals surface area (Å²) in [5.41, 5.74) is 1.14. The number of nitrogens with one attached hydrogen (secondary N) is 1. The molecule has 2 unspecified atom stereocenters. The van der Waals surface area contributed by atoms with Crippen molar-refractivity contribution < 1.29 is 9.53 Å². The zero-order chi connectivity index (χ0) is 13.5. The number of hydrogen-bond donors (Lipinski definition) is 1. The monoisotopic (exact) mass is 249 g/mol. The van der Waals surface area contributed by atoms with E-state index >= 15 is 0 Å². The van der Waals surface area contributed by atoms with Gasteiger partial charge in [-0.3, -0.25) is 4.79 Å². The minimum Gasteiger partial charge on any atom is -0.468 e. The molecule has 0 heterocycles. The van der Waals surface area contributed by atoms with Gasteiger partial charge in [0.2, 0.25) is 0 Å². The SMILES string of the molecule is COC(=O)C(Cc1ccccc1)NC(C)C(C)C. The van der Waals surface area contributed by atoms with Gasteiger partial charge in [0.1, 0.15) is 6.04 Å². The fourth-order valence-corrected chi connectivity index (χ4v) is 1.71. The normalized spacial score (nSPS) is 14.3. The highest BCUT2D eigenvalue weighted by Crippen LogP contribution is 2.08. The molecule has 0 fully saturated rings. The largest absolute Gasteiger partial charge is 0.468 e. The Bertz CT molecular complexity index is 362. The van der Waals surface area contributed by atoms with Crippen molar-refractivity contribution >= 4 is 5.97 Å². The average Bonchev–Trinajstić information content (AvgIpc) is 2.38. The summed E-state index contributed by atoms with van der Waals surface area (Å²) in [5.74, 6) is 0.277. The van der Waals surface area contributed by atoms with Gasteiger partial charge in [0.25, 0.3) is 0 Å². The second-order valence-corrected chi connectivity index (χ2v) is 4.96. The van der Waals surface area contributed by atoms with Crippen LogP contribution in [0.3, 0.4) is 0 Å². The molecule has 0 saturated carbocycles. The van der Waals surface area contributed by atoms with Crippen molar-refractivity contribution in [3.63, 3.8) is 0 Å². The van der Waals surface area contributed by atoms with E-state index < -0.39 is 0 Å². The van der Waals surface area contributed by atoms with Crippen LogP contribution in [0.5, 0.6) is 0 Å². The van der Waals surface area contributed by atoms with Crippen LogP contribution in [-0.4, -0.2) is 25.2 Å². The number of carbonyl (C=O) groups excluding carboxylic acids is 1. The van der Waals surface area contributed by atoms with E-state index in [0.717, 1.165) is 5.56 Å². The Labute approximate surface area is 110 Å². The van der Waals surface area contributed by atoms with Crippen LogP contribution in [0.25, 0.3) is 0 Å². The first-order chi connectivity index (χ1) is 8.54. The van der Waals surface area contributed by atoms with Gasteiger partial charge in [-0.05, 0) is 24.8 Å². The third-order valence-corrected chi connectivity index (χ3v) is 3.23. The first-order valence-corrected chi connectivity index (χ1v) is 6.42. The lowest BCUT2D eigenvalue weighted by Crippen LogP contribution is -2.46. The molecule has 0 bridgehead atoms. The van der Waals surface area contributed by atoms with Crippen molar-refractivity contribution in [2.24, 2.45) is 5.92 Å². The number of ether oxygens (including phenoxy) is 1. The van der Waals surface area contributed by atoms with Crippen molar-refractivity contribution in [1.82, 2.24) is 5.32 Å². The Hall–Kier alpha value is -1.35. The third-order valence-electron chi connectivity index (χ3n) is 3.23. The molecule has 0 aliphatic heterocycles. The lowest BCUT2D eigenvalue weighted by molar-refractivity contribution is -0.143. The molecule has 0 aliphatic rings. The highest BCUT2D eigenvalue weighted by atomic mass is 16.5. The van der Waals surface area contributed by atoms with Crippen LogP contribution in [0.15, 0.2) is 30.3 Å². The lowest BCUT2D eigenvalue weighted by Gasteiger charge is -2.24. The van der Waals surface area contributed by atoms with E-state index in [2.05, 4.69) is 26.1 Å². The second-order valence-electron chi connectivity index (χ2n) is 4.96. The van der Waals surface area contributed by atoms with E-state index in [1.807, 2.05) is 30.3 Å². The topological polar surface area (TPSA) is 38.3 Å².